The van der Waals surface area contributed by atoms with Crippen LogP contribution in [0, 0.1) is 0 Å². The van der Waals surface area contributed by atoms with Crippen molar-refractivity contribution in [2.45, 2.75) is 50.5 Å². The van der Waals surface area contributed by atoms with Crippen molar-refractivity contribution in [3.05, 3.63) is 0 Å². The molecular weight excluding hydrogens is 700 g/mol. The van der Waals surface area contributed by atoms with E-state index in [4.69, 9.17) is 32.8 Å². The summed E-state index contributed by atoms with van der Waals surface area (Å²) in [7, 11) is -22.3. The largest absolute Gasteiger partial charge is 0.481 e. The number of hydrogen-bond acceptors (Lipinski definition) is 17. The van der Waals surface area contributed by atoms with Gasteiger partial charge in [0.2, 0.25) is 11.8 Å². The second kappa shape index (κ2) is 16.4. The molecular formula is C16H28N2O22S4. The zero-order chi connectivity index (χ0) is 34.1. The number of nitrogens with zero attached hydrogens (tertiary/aromatic N) is 1. The smallest absolute Gasteiger partial charge is 0.397 e. The first-order valence-electron chi connectivity index (χ1n) is 11.5. The fourth-order valence-corrected chi connectivity index (χ4v) is 5.19. The molecule has 0 unspecified atom stereocenters. The monoisotopic (exact) mass is 728 g/mol. The lowest BCUT2D eigenvalue weighted by atomic mass is 9.99. The average Bonchev–Trinajstić information content (AvgIpc) is 2.82. The lowest BCUT2D eigenvalue weighted by molar-refractivity contribution is -0.285. The Balaban J connectivity index is 3.21. The Labute approximate surface area is 250 Å². The second-order valence-corrected chi connectivity index (χ2v) is 12.5. The highest BCUT2D eigenvalue weighted by molar-refractivity contribution is 7.81. The maximum atomic E-state index is 12.2. The van der Waals surface area contributed by atoms with Gasteiger partial charge in [-0.1, -0.05) is 0 Å². The standard InChI is InChI=1S/C16H28N2O22S4/c1-2-18(11(20)3-4-12(21)22)7-10(19)17-5-6-35-16-15(40-44(32,33)34)14(39-43(29,30)31)13(38-42(26,27)28)9(37-16)8-36-41(23,24)25/h9,13-16H,2-8H2,1H3,(H,17,19)(H,21,22)(H,23,24,25)(H,26,27,28)(H,29,30,31)(H,32,33,34)/t9-,13-,14+,15+,16+/m1/s1. The highest BCUT2D eigenvalue weighted by atomic mass is 32.3. The Morgan fingerprint density at radius 3 is 1.80 bits per heavy atom. The molecule has 5 atom stereocenters. The molecule has 1 saturated heterocycles. The van der Waals surface area contributed by atoms with Crippen molar-refractivity contribution in [2.75, 3.05) is 32.8 Å². The van der Waals surface area contributed by atoms with E-state index in [1.165, 1.54) is 6.92 Å². The predicted octanol–water partition coefficient (Wildman–Crippen LogP) is -4.06. The van der Waals surface area contributed by atoms with Crippen LogP contribution in [0.25, 0.3) is 0 Å². The third kappa shape index (κ3) is 16.2. The fourth-order valence-electron chi connectivity index (χ4n) is 3.39. The van der Waals surface area contributed by atoms with Gasteiger partial charge in [-0.3, -0.25) is 32.6 Å². The van der Waals surface area contributed by atoms with Gasteiger partial charge in [-0.05, 0) is 6.92 Å². The molecule has 0 bridgehead atoms. The number of likely N-dealkylation sites (N-methyl/N-ethyl adjacent to an activating group) is 1. The summed E-state index contributed by atoms with van der Waals surface area (Å²) in [5, 5.41) is 10.9. The number of aliphatic carboxylic acids is 1. The molecule has 1 aliphatic heterocycles. The Bertz CT molecular complexity index is 1440. The van der Waals surface area contributed by atoms with E-state index in [-0.39, 0.29) is 6.54 Å². The van der Waals surface area contributed by atoms with E-state index in [0.717, 1.165) is 4.90 Å². The molecule has 1 fully saturated rings. The lowest BCUT2D eigenvalue weighted by Gasteiger charge is -2.43. The normalized spacial score (nSPS) is 23.2. The van der Waals surface area contributed by atoms with Gasteiger partial charge in [-0.2, -0.15) is 33.7 Å². The molecule has 0 aromatic rings. The molecule has 0 radical (unpaired) electrons. The maximum absolute atomic E-state index is 12.2. The third-order valence-electron chi connectivity index (χ3n) is 5.00. The molecule has 258 valence electrons. The molecule has 0 saturated carbocycles. The number of ether oxygens (including phenoxy) is 2. The summed E-state index contributed by atoms with van der Waals surface area (Å²) in [5.41, 5.74) is 0. The van der Waals surface area contributed by atoms with Crippen molar-refractivity contribution < 1.29 is 97.6 Å². The van der Waals surface area contributed by atoms with E-state index in [9.17, 15) is 48.1 Å². The SMILES string of the molecule is CCN(CC(=O)NCCO[C@H]1O[C@H](COS(=O)(=O)O)[C@@H](OS(=O)(=O)O)[C@H](OS(=O)(=O)O)[C@@H]1OS(=O)(=O)O)C(=O)CCC(=O)O. The van der Waals surface area contributed by atoms with Crippen LogP contribution in [0.3, 0.4) is 0 Å². The molecule has 0 aliphatic carbocycles. The Morgan fingerprint density at radius 1 is 0.795 bits per heavy atom. The van der Waals surface area contributed by atoms with Crippen LogP contribution < -0.4 is 5.32 Å². The first-order chi connectivity index (χ1) is 19.9. The number of carboxylic acids is 1. The third-order valence-corrected chi connectivity index (χ3v) is 6.83. The Kier molecular flexibility index (Phi) is 14.8. The number of hydrogen-bond donors (Lipinski definition) is 6. The summed E-state index contributed by atoms with van der Waals surface area (Å²) >= 11 is 0. The van der Waals surface area contributed by atoms with Crippen LogP contribution >= 0.6 is 0 Å². The van der Waals surface area contributed by atoms with Gasteiger partial charge < -0.3 is 24.8 Å². The van der Waals surface area contributed by atoms with Crippen molar-refractivity contribution in [1.82, 2.24) is 10.2 Å². The van der Waals surface area contributed by atoms with Crippen molar-refractivity contribution in [3.63, 3.8) is 0 Å². The van der Waals surface area contributed by atoms with Crippen molar-refractivity contribution in [3.8, 4) is 0 Å². The van der Waals surface area contributed by atoms with Crippen LogP contribution in [-0.4, -0.2) is 143 Å². The van der Waals surface area contributed by atoms with Gasteiger partial charge in [0.25, 0.3) is 0 Å². The van der Waals surface area contributed by atoms with E-state index in [0.29, 0.717) is 0 Å². The second-order valence-electron chi connectivity index (χ2n) is 8.24. The number of amides is 2. The zero-order valence-electron chi connectivity index (χ0n) is 22.1. The van der Waals surface area contributed by atoms with Gasteiger partial charge in [0.1, 0.15) is 18.3 Å². The summed E-state index contributed by atoms with van der Waals surface area (Å²) < 4.78 is 154. The Hall–Kier alpha value is -2.19. The van der Waals surface area contributed by atoms with Gasteiger partial charge in [0, 0.05) is 19.5 Å². The Morgan fingerprint density at radius 2 is 1.32 bits per heavy atom. The van der Waals surface area contributed by atoms with Crippen LogP contribution in [0.4, 0.5) is 0 Å². The van der Waals surface area contributed by atoms with Crippen LogP contribution in [0.2, 0.25) is 0 Å². The van der Waals surface area contributed by atoms with E-state index < -0.39 is 129 Å². The van der Waals surface area contributed by atoms with E-state index >= 15 is 0 Å². The summed E-state index contributed by atoms with van der Waals surface area (Å²) in [5.74, 6) is -2.72. The minimum absolute atomic E-state index is 0.0158. The zero-order valence-corrected chi connectivity index (χ0v) is 25.4. The molecule has 2 amide bonds. The maximum Gasteiger partial charge on any atom is 0.397 e. The molecule has 44 heavy (non-hydrogen) atoms. The van der Waals surface area contributed by atoms with Gasteiger partial charge in [0.15, 0.2) is 12.4 Å². The summed E-state index contributed by atoms with van der Waals surface area (Å²) in [4.78, 5) is 35.9. The molecule has 6 N–H and O–H groups in total. The van der Waals surface area contributed by atoms with Crippen LogP contribution in [0.1, 0.15) is 19.8 Å². The minimum Gasteiger partial charge on any atom is -0.481 e. The van der Waals surface area contributed by atoms with Gasteiger partial charge in [-0.15, -0.1) is 0 Å². The molecule has 1 rings (SSSR count). The van der Waals surface area contributed by atoms with Crippen molar-refractivity contribution in [2.24, 2.45) is 0 Å². The topological polar surface area (TPSA) is 360 Å². The summed E-state index contributed by atoms with van der Waals surface area (Å²) in [6, 6.07) is 0. The molecule has 0 spiro atoms. The van der Waals surface area contributed by atoms with E-state index in [1.807, 2.05) is 0 Å². The van der Waals surface area contributed by atoms with E-state index in [2.05, 4.69) is 22.0 Å². The molecule has 1 aliphatic rings. The van der Waals surface area contributed by atoms with Crippen LogP contribution in [-0.2, 0) is 82.2 Å². The number of carbonyl (C=O) groups is 3. The first kappa shape index (κ1) is 39.8. The number of carbonyl (C=O) groups excluding carboxylic acids is 2. The van der Waals surface area contributed by atoms with Crippen molar-refractivity contribution >= 4 is 59.4 Å². The summed E-state index contributed by atoms with van der Waals surface area (Å²) in [6.45, 7) is -1.73. The van der Waals surface area contributed by atoms with Gasteiger partial charge >= 0.3 is 47.6 Å². The first-order valence-corrected chi connectivity index (χ1v) is 17.0. The molecule has 28 heteroatoms. The molecule has 0 aromatic heterocycles. The average molecular weight is 729 g/mol. The van der Waals surface area contributed by atoms with Crippen LogP contribution in [0.5, 0.6) is 0 Å². The van der Waals surface area contributed by atoms with Crippen LogP contribution in [0.15, 0.2) is 0 Å². The minimum atomic E-state index is -5.71. The number of rotatable bonds is 19. The number of nitrogens with one attached hydrogen (secondary N) is 1. The molecule has 24 nitrogen and oxygen atoms in total. The quantitative estimate of drug-likeness (QED) is 0.0544. The molecule has 0 aromatic carbocycles. The van der Waals surface area contributed by atoms with E-state index in [1.54, 1.807) is 0 Å². The lowest BCUT2D eigenvalue weighted by Crippen LogP contribution is -2.63. The van der Waals surface area contributed by atoms with Gasteiger partial charge in [0.05, 0.1) is 26.2 Å². The highest BCUT2D eigenvalue weighted by Gasteiger charge is 2.54. The van der Waals surface area contributed by atoms with Gasteiger partial charge in [-0.25, -0.2) is 16.7 Å². The highest BCUT2D eigenvalue weighted by Crippen LogP contribution is 2.32. The molecule has 1 heterocycles. The van der Waals surface area contributed by atoms with Crippen molar-refractivity contribution in [1.29, 1.82) is 0 Å². The fraction of sp³-hybridized carbons (Fsp3) is 0.812. The predicted molar refractivity (Wildman–Crippen MR) is 134 cm³/mol. The number of carboxylic acid groups (broad SMARTS) is 1. The summed E-state index contributed by atoms with van der Waals surface area (Å²) in [6.07, 6.45) is -13.6.